The molecule has 0 radical (unpaired) electrons. The van der Waals surface area contributed by atoms with E-state index in [0.717, 1.165) is 18.2 Å². The van der Waals surface area contributed by atoms with Crippen molar-refractivity contribution < 1.29 is 17.6 Å². The van der Waals surface area contributed by atoms with Crippen molar-refractivity contribution >= 4 is 50.1 Å². The molecule has 130 valence electrons. The van der Waals surface area contributed by atoms with E-state index < -0.39 is 15.8 Å². The molecule has 0 atom stereocenters. The van der Waals surface area contributed by atoms with Crippen LogP contribution in [0.2, 0.25) is 5.02 Å². The predicted octanol–water partition coefficient (Wildman–Crippen LogP) is 4.31. The van der Waals surface area contributed by atoms with Gasteiger partial charge in [-0.2, -0.15) is 11.3 Å². The lowest BCUT2D eigenvalue weighted by Gasteiger charge is -2.06. The fourth-order valence-electron chi connectivity index (χ4n) is 2.02. The minimum atomic E-state index is -3.83. The predicted molar refractivity (Wildman–Crippen MR) is 97.5 cm³/mol. The van der Waals surface area contributed by atoms with Crippen LogP contribution >= 0.6 is 34.3 Å². The number of thiophene rings is 2. The summed E-state index contributed by atoms with van der Waals surface area (Å²) >= 11 is 8.28. The number of sulfonamides is 1. The molecular weight excluding hydrogens is 405 g/mol. The minimum absolute atomic E-state index is 0.0267. The Morgan fingerprint density at radius 3 is 2.68 bits per heavy atom. The Morgan fingerprint density at radius 2 is 2.00 bits per heavy atom. The SMILES string of the molecule is O=C(c1ccsc1)c1ccc(CNS(=O)(=O)c2ccc(F)c(Cl)c2)s1. The third-order valence-corrected chi connectivity index (χ3v) is 6.76. The summed E-state index contributed by atoms with van der Waals surface area (Å²) in [5.74, 6) is -0.777. The number of hydrogen-bond acceptors (Lipinski definition) is 5. The van der Waals surface area contributed by atoms with Crippen molar-refractivity contribution in [2.75, 3.05) is 0 Å². The second-order valence-corrected chi connectivity index (χ2v) is 9.13. The second kappa shape index (κ2) is 7.35. The number of rotatable bonds is 6. The van der Waals surface area contributed by atoms with Crippen LogP contribution in [-0.2, 0) is 16.6 Å². The molecule has 2 aromatic heterocycles. The van der Waals surface area contributed by atoms with E-state index in [4.69, 9.17) is 11.6 Å². The van der Waals surface area contributed by atoms with E-state index in [1.807, 2.05) is 5.38 Å². The maximum atomic E-state index is 13.2. The Kier molecular flexibility index (Phi) is 5.35. The summed E-state index contributed by atoms with van der Waals surface area (Å²) in [5, 5.41) is 3.33. The van der Waals surface area contributed by atoms with Crippen molar-refractivity contribution in [3.63, 3.8) is 0 Å². The highest BCUT2D eigenvalue weighted by Gasteiger charge is 2.17. The van der Waals surface area contributed by atoms with Gasteiger partial charge in [0.05, 0.1) is 14.8 Å². The second-order valence-electron chi connectivity index (χ2n) is 5.01. The molecule has 1 aromatic carbocycles. The third-order valence-electron chi connectivity index (χ3n) is 3.31. The minimum Gasteiger partial charge on any atom is -0.288 e. The maximum absolute atomic E-state index is 13.2. The molecule has 0 unspecified atom stereocenters. The number of halogens is 2. The van der Waals surface area contributed by atoms with E-state index in [1.165, 1.54) is 22.7 Å². The Morgan fingerprint density at radius 1 is 1.20 bits per heavy atom. The molecule has 0 aliphatic rings. The first-order valence-electron chi connectivity index (χ1n) is 6.97. The number of hydrogen-bond donors (Lipinski definition) is 1. The average molecular weight is 416 g/mol. The fraction of sp³-hybridized carbons (Fsp3) is 0.0625. The van der Waals surface area contributed by atoms with Crippen LogP contribution in [0.15, 0.2) is 52.1 Å². The van der Waals surface area contributed by atoms with Gasteiger partial charge in [-0.05, 0) is 41.8 Å². The van der Waals surface area contributed by atoms with Crippen LogP contribution in [0.1, 0.15) is 20.1 Å². The Hall–Kier alpha value is -1.58. The molecule has 3 aromatic rings. The molecule has 0 saturated carbocycles. The molecule has 0 spiro atoms. The van der Waals surface area contributed by atoms with Crippen LogP contribution in [0.25, 0.3) is 0 Å². The molecule has 3 rings (SSSR count). The summed E-state index contributed by atoms with van der Waals surface area (Å²) in [4.78, 5) is 13.4. The van der Waals surface area contributed by atoms with Gasteiger partial charge in [-0.15, -0.1) is 11.3 Å². The summed E-state index contributed by atoms with van der Waals surface area (Å²) in [6.45, 7) is 0.0267. The van der Waals surface area contributed by atoms with Gasteiger partial charge in [0.15, 0.2) is 0 Å². The molecular formula is C16H11ClFNO3S3. The van der Waals surface area contributed by atoms with Crippen LogP contribution in [0.4, 0.5) is 4.39 Å². The number of carbonyl (C=O) groups excluding carboxylic acids is 1. The summed E-state index contributed by atoms with van der Waals surface area (Å²) in [6.07, 6.45) is 0. The smallest absolute Gasteiger partial charge is 0.240 e. The van der Waals surface area contributed by atoms with Crippen molar-refractivity contribution in [2.24, 2.45) is 0 Å². The number of nitrogens with one attached hydrogen (secondary N) is 1. The maximum Gasteiger partial charge on any atom is 0.240 e. The first-order chi connectivity index (χ1) is 11.9. The van der Waals surface area contributed by atoms with Crippen LogP contribution < -0.4 is 4.72 Å². The zero-order valence-corrected chi connectivity index (χ0v) is 15.7. The molecule has 0 amide bonds. The zero-order valence-electron chi connectivity index (χ0n) is 12.5. The molecule has 0 aliphatic heterocycles. The number of benzene rings is 1. The molecule has 1 N–H and O–H groups in total. The summed E-state index contributed by atoms with van der Waals surface area (Å²) < 4.78 is 40.1. The lowest BCUT2D eigenvalue weighted by Crippen LogP contribution is -2.22. The first-order valence-corrected chi connectivity index (χ1v) is 10.6. The summed E-state index contributed by atoms with van der Waals surface area (Å²) in [6, 6.07) is 8.31. The van der Waals surface area contributed by atoms with E-state index in [-0.39, 0.29) is 22.2 Å². The number of ketones is 1. The van der Waals surface area contributed by atoms with Crippen molar-refractivity contribution in [3.05, 3.63) is 73.3 Å². The highest BCUT2D eigenvalue weighted by molar-refractivity contribution is 7.89. The first kappa shape index (κ1) is 18.2. The Labute approximate surface area is 156 Å². The molecule has 0 saturated heterocycles. The van der Waals surface area contributed by atoms with Gasteiger partial charge in [0.1, 0.15) is 5.82 Å². The van der Waals surface area contributed by atoms with Crippen LogP contribution in [-0.4, -0.2) is 14.2 Å². The molecule has 0 bridgehead atoms. The van der Waals surface area contributed by atoms with E-state index in [9.17, 15) is 17.6 Å². The normalized spacial score (nSPS) is 11.6. The van der Waals surface area contributed by atoms with Crippen molar-refractivity contribution in [1.29, 1.82) is 0 Å². The topological polar surface area (TPSA) is 63.2 Å². The van der Waals surface area contributed by atoms with Crippen LogP contribution in [0, 0.1) is 5.82 Å². The monoisotopic (exact) mass is 415 g/mol. The van der Waals surface area contributed by atoms with Gasteiger partial charge in [0.2, 0.25) is 15.8 Å². The van der Waals surface area contributed by atoms with Gasteiger partial charge in [-0.1, -0.05) is 11.6 Å². The quantitative estimate of drug-likeness (QED) is 0.610. The third kappa shape index (κ3) is 4.16. The van der Waals surface area contributed by atoms with Crippen molar-refractivity contribution in [2.45, 2.75) is 11.4 Å². The lowest BCUT2D eigenvalue weighted by atomic mass is 10.2. The van der Waals surface area contributed by atoms with E-state index >= 15 is 0 Å². The van der Waals surface area contributed by atoms with Gasteiger partial charge < -0.3 is 0 Å². The Bertz CT molecular complexity index is 1010. The molecule has 9 heteroatoms. The van der Waals surface area contributed by atoms with Crippen molar-refractivity contribution in [1.82, 2.24) is 4.72 Å². The van der Waals surface area contributed by atoms with Crippen molar-refractivity contribution in [3.8, 4) is 0 Å². The van der Waals surface area contributed by atoms with E-state index in [2.05, 4.69) is 4.72 Å². The lowest BCUT2D eigenvalue weighted by molar-refractivity contribution is 0.104. The summed E-state index contributed by atoms with van der Waals surface area (Å²) in [7, 11) is -3.83. The van der Waals surface area contributed by atoms with Gasteiger partial charge in [0, 0.05) is 22.4 Å². The van der Waals surface area contributed by atoms with Crippen LogP contribution in [0.3, 0.4) is 0 Å². The summed E-state index contributed by atoms with van der Waals surface area (Å²) in [5.41, 5.74) is 0.611. The highest BCUT2D eigenvalue weighted by Crippen LogP contribution is 2.23. The molecule has 0 fully saturated rings. The Balaban J connectivity index is 1.71. The highest BCUT2D eigenvalue weighted by atomic mass is 35.5. The van der Waals surface area contributed by atoms with Gasteiger partial charge in [0.25, 0.3) is 0 Å². The van der Waals surface area contributed by atoms with Gasteiger partial charge in [-0.25, -0.2) is 17.5 Å². The molecule has 25 heavy (non-hydrogen) atoms. The zero-order chi connectivity index (χ0) is 18.0. The van der Waals surface area contributed by atoms with Gasteiger partial charge in [-0.3, -0.25) is 4.79 Å². The van der Waals surface area contributed by atoms with Gasteiger partial charge >= 0.3 is 0 Å². The van der Waals surface area contributed by atoms with E-state index in [0.29, 0.717) is 15.3 Å². The fourth-order valence-corrected chi connectivity index (χ4v) is 4.94. The molecule has 0 aliphatic carbocycles. The number of carbonyl (C=O) groups is 1. The average Bonchev–Trinajstić information content (AvgIpc) is 3.26. The van der Waals surface area contributed by atoms with Crippen LogP contribution in [0.5, 0.6) is 0 Å². The van der Waals surface area contributed by atoms with E-state index in [1.54, 1.807) is 23.6 Å². The standard InChI is InChI=1S/C16H11ClFNO3S3/c17-13-7-12(2-3-14(13)18)25(21,22)19-8-11-1-4-15(24-11)16(20)10-5-6-23-9-10/h1-7,9,19H,8H2. The molecule has 2 heterocycles. The molecule has 4 nitrogen and oxygen atoms in total. The largest absolute Gasteiger partial charge is 0.288 e.